The normalized spacial score (nSPS) is 19.3. The highest BCUT2D eigenvalue weighted by molar-refractivity contribution is 7.09. The van der Waals surface area contributed by atoms with Gasteiger partial charge in [-0.2, -0.15) is 0 Å². The lowest BCUT2D eigenvalue weighted by Gasteiger charge is -2.37. The van der Waals surface area contributed by atoms with E-state index in [9.17, 15) is 14.4 Å². The van der Waals surface area contributed by atoms with Crippen LogP contribution in [-0.2, 0) is 16.1 Å². The van der Waals surface area contributed by atoms with Gasteiger partial charge in [0.2, 0.25) is 11.8 Å². The van der Waals surface area contributed by atoms with Gasteiger partial charge in [0.1, 0.15) is 6.54 Å². The lowest BCUT2D eigenvalue weighted by atomic mass is 9.88. The number of hydrogen-bond donors (Lipinski definition) is 0. The molecule has 0 spiro atoms. The number of nitrogens with zero attached hydrogens (tertiary/aromatic N) is 3. The molecule has 0 unspecified atom stereocenters. The molecule has 25 heavy (non-hydrogen) atoms. The SMILES string of the molecule is Cc1sc(=O)n(CC(=O)N2CCN(C(=O)C3CCCCC3)CC2)c1C. The third kappa shape index (κ3) is 3.97. The van der Waals surface area contributed by atoms with Gasteiger partial charge >= 0.3 is 4.87 Å². The van der Waals surface area contributed by atoms with E-state index in [2.05, 4.69) is 0 Å². The molecule has 0 radical (unpaired) electrons. The third-order valence-corrected chi connectivity index (χ3v) is 6.56. The molecule has 1 saturated heterocycles. The predicted molar refractivity (Wildman–Crippen MR) is 97.8 cm³/mol. The van der Waals surface area contributed by atoms with Crippen molar-refractivity contribution in [2.24, 2.45) is 5.92 Å². The van der Waals surface area contributed by atoms with Crippen LogP contribution in [0.2, 0.25) is 0 Å². The maximum atomic E-state index is 12.6. The smallest absolute Gasteiger partial charge is 0.308 e. The second kappa shape index (κ2) is 7.72. The summed E-state index contributed by atoms with van der Waals surface area (Å²) in [6, 6.07) is 0. The van der Waals surface area contributed by atoms with E-state index in [0.717, 1.165) is 36.3 Å². The number of thiazole rings is 1. The Morgan fingerprint density at radius 1 is 1.00 bits per heavy atom. The minimum absolute atomic E-state index is 0.0345. The van der Waals surface area contributed by atoms with Crippen molar-refractivity contribution in [3.8, 4) is 0 Å². The Morgan fingerprint density at radius 2 is 1.60 bits per heavy atom. The minimum atomic E-state index is -0.0746. The number of amides is 2. The number of rotatable bonds is 3. The van der Waals surface area contributed by atoms with E-state index < -0.39 is 0 Å². The summed E-state index contributed by atoms with van der Waals surface area (Å²) in [5.74, 6) is 0.422. The summed E-state index contributed by atoms with van der Waals surface area (Å²) in [6.45, 7) is 6.22. The third-order valence-electron chi connectivity index (χ3n) is 5.57. The monoisotopic (exact) mass is 365 g/mol. The molecule has 1 aliphatic carbocycles. The summed E-state index contributed by atoms with van der Waals surface area (Å²) >= 11 is 1.19. The van der Waals surface area contributed by atoms with Crippen LogP contribution >= 0.6 is 11.3 Å². The molecule has 2 aliphatic rings. The lowest BCUT2D eigenvalue weighted by Crippen LogP contribution is -2.52. The zero-order chi connectivity index (χ0) is 18.0. The molecular weight excluding hydrogens is 338 g/mol. The Hall–Kier alpha value is -1.63. The molecule has 138 valence electrons. The average Bonchev–Trinajstić information content (AvgIpc) is 2.88. The van der Waals surface area contributed by atoms with Crippen LogP contribution in [0.3, 0.4) is 0 Å². The minimum Gasteiger partial charge on any atom is -0.339 e. The van der Waals surface area contributed by atoms with Crippen LogP contribution in [0.5, 0.6) is 0 Å². The van der Waals surface area contributed by atoms with Crippen LogP contribution in [-0.4, -0.2) is 52.4 Å². The molecule has 0 aromatic carbocycles. The molecule has 1 aromatic heterocycles. The maximum absolute atomic E-state index is 12.6. The van der Waals surface area contributed by atoms with Gasteiger partial charge in [-0.3, -0.25) is 19.0 Å². The standard InChI is InChI=1S/C18H27N3O3S/c1-13-14(2)25-18(24)21(13)12-16(22)19-8-10-20(11-9-19)17(23)15-6-4-3-5-7-15/h15H,3-12H2,1-2H3. The molecule has 1 saturated carbocycles. The van der Waals surface area contributed by atoms with E-state index in [1.807, 2.05) is 18.7 Å². The summed E-state index contributed by atoms with van der Waals surface area (Å²) in [7, 11) is 0. The van der Waals surface area contributed by atoms with Crippen LogP contribution in [0, 0.1) is 19.8 Å². The lowest BCUT2D eigenvalue weighted by molar-refractivity contribution is -0.143. The van der Waals surface area contributed by atoms with Gasteiger partial charge < -0.3 is 9.80 Å². The van der Waals surface area contributed by atoms with Gasteiger partial charge in [-0.15, -0.1) is 0 Å². The van der Waals surface area contributed by atoms with Crippen molar-refractivity contribution >= 4 is 23.2 Å². The van der Waals surface area contributed by atoms with Gasteiger partial charge in [0.05, 0.1) is 0 Å². The highest BCUT2D eigenvalue weighted by Crippen LogP contribution is 2.25. The van der Waals surface area contributed by atoms with Gasteiger partial charge in [0, 0.05) is 42.7 Å². The second-order valence-electron chi connectivity index (χ2n) is 7.14. The molecule has 2 amide bonds. The van der Waals surface area contributed by atoms with E-state index in [4.69, 9.17) is 0 Å². The first-order valence-corrected chi connectivity index (χ1v) is 10.0. The first-order valence-electron chi connectivity index (χ1n) is 9.20. The molecule has 0 atom stereocenters. The Balaban J connectivity index is 1.54. The van der Waals surface area contributed by atoms with Gasteiger partial charge in [-0.25, -0.2) is 0 Å². The highest BCUT2D eigenvalue weighted by atomic mass is 32.1. The first-order chi connectivity index (χ1) is 12.0. The Bertz CT molecular complexity index is 695. The van der Waals surface area contributed by atoms with Crippen molar-refractivity contribution < 1.29 is 9.59 Å². The zero-order valence-corrected chi connectivity index (χ0v) is 15.9. The molecule has 2 fully saturated rings. The van der Waals surface area contributed by atoms with Crippen molar-refractivity contribution in [2.75, 3.05) is 26.2 Å². The molecule has 0 bridgehead atoms. The largest absolute Gasteiger partial charge is 0.339 e. The van der Waals surface area contributed by atoms with Crippen LogP contribution in [0.4, 0.5) is 0 Å². The number of aromatic nitrogens is 1. The molecule has 6 nitrogen and oxygen atoms in total. The van der Waals surface area contributed by atoms with Gasteiger partial charge in [-0.05, 0) is 26.7 Å². The van der Waals surface area contributed by atoms with Crippen molar-refractivity contribution in [2.45, 2.75) is 52.5 Å². The number of piperazine rings is 1. The molecule has 1 aromatic rings. The molecule has 7 heteroatoms. The van der Waals surface area contributed by atoms with E-state index in [0.29, 0.717) is 26.2 Å². The Kier molecular flexibility index (Phi) is 5.61. The van der Waals surface area contributed by atoms with Crippen LogP contribution in [0.15, 0.2) is 4.79 Å². The van der Waals surface area contributed by atoms with Crippen LogP contribution in [0.1, 0.15) is 42.7 Å². The summed E-state index contributed by atoms with van der Waals surface area (Å²) in [5.41, 5.74) is 0.870. The van der Waals surface area contributed by atoms with E-state index in [1.54, 1.807) is 9.47 Å². The molecule has 1 aliphatic heterocycles. The van der Waals surface area contributed by atoms with Crippen molar-refractivity contribution in [1.29, 1.82) is 0 Å². The number of hydrogen-bond acceptors (Lipinski definition) is 4. The fraction of sp³-hybridized carbons (Fsp3) is 0.722. The summed E-state index contributed by atoms with van der Waals surface area (Å²) in [4.78, 5) is 41.7. The second-order valence-corrected chi connectivity index (χ2v) is 8.30. The average molecular weight is 365 g/mol. The van der Waals surface area contributed by atoms with Crippen molar-refractivity contribution in [3.63, 3.8) is 0 Å². The van der Waals surface area contributed by atoms with Gasteiger partial charge in [0.15, 0.2) is 0 Å². The highest BCUT2D eigenvalue weighted by Gasteiger charge is 2.29. The summed E-state index contributed by atoms with van der Waals surface area (Å²) in [5, 5.41) is 0. The van der Waals surface area contributed by atoms with E-state index in [1.165, 1.54) is 17.8 Å². The molecule has 2 heterocycles. The number of aryl methyl sites for hydroxylation is 1. The topological polar surface area (TPSA) is 62.6 Å². The van der Waals surface area contributed by atoms with Crippen LogP contribution in [0.25, 0.3) is 0 Å². The van der Waals surface area contributed by atoms with E-state index >= 15 is 0 Å². The fourth-order valence-corrected chi connectivity index (χ4v) is 4.62. The number of carbonyl (C=O) groups excluding carboxylic acids is 2. The summed E-state index contributed by atoms with van der Waals surface area (Å²) < 4.78 is 1.56. The molecule has 0 N–H and O–H groups in total. The fourth-order valence-electron chi connectivity index (χ4n) is 3.79. The van der Waals surface area contributed by atoms with Gasteiger partial charge in [0.25, 0.3) is 0 Å². The quantitative estimate of drug-likeness (QED) is 0.820. The van der Waals surface area contributed by atoms with Crippen LogP contribution < -0.4 is 4.87 Å². The Morgan fingerprint density at radius 3 is 2.16 bits per heavy atom. The van der Waals surface area contributed by atoms with Crippen molar-refractivity contribution in [3.05, 3.63) is 20.2 Å². The van der Waals surface area contributed by atoms with Crippen molar-refractivity contribution in [1.82, 2.24) is 14.4 Å². The molecular formula is C18H27N3O3S. The first kappa shape index (κ1) is 18.2. The predicted octanol–water partition coefficient (Wildman–Crippen LogP) is 1.78. The number of carbonyl (C=O) groups is 2. The summed E-state index contributed by atoms with van der Waals surface area (Å²) in [6.07, 6.45) is 5.58. The Labute approximate surface area is 152 Å². The molecule has 3 rings (SSSR count). The van der Waals surface area contributed by atoms with E-state index in [-0.39, 0.29) is 29.1 Å². The zero-order valence-electron chi connectivity index (χ0n) is 15.1. The van der Waals surface area contributed by atoms with Gasteiger partial charge in [-0.1, -0.05) is 30.6 Å². The maximum Gasteiger partial charge on any atom is 0.308 e.